The molecule has 0 saturated carbocycles. The molecule has 0 spiro atoms. The van der Waals surface area contributed by atoms with Crippen LogP contribution in [-0.2, 0) is 119 Å². The Kier molecular flexibility index (Phi) is 38.3. The van der Waals surface area contributed by atoms with Crippen molar-refractivity contribution >= 4 is 23.6 Å². The highest BCUT2D eigenvalue weighted by atomic mass is 16.8. The SMILES string of the molecule is CC(=O)N[C@@H]1[C@@H](O[C@@H]2O[C@@H](C)[C@@H](O)[C@@H](O)[C@@H]2O)[C@H](O[C@@H]2O[C@H](CO)[C@@H](O[C@@H]3O[C@H](CO[C@H]4O[C@H](CO)[C@@H](O)[C@H](O)[C@@H]4O[C@@H]4O[C@H](CO)[C@@H](O)[C@H](O[C@@H]5O[C@H](CO)[C@H](O)[C@H](O)[C@H]5O)[C@H]4NC(C)=O)[C@@H](O)[C@H](O[C@H]4O[C@H](CO)[C@@H](O)[C@H](O)[C@@H]4O[C@@H]4O[C@H](CO)[C@@H](O)[C@H](O[C@@H]5O[C@H](CO)[C@H](O)[C@H](O)[C@H]5O)[C@H]4NC(C)=O)[C@@H]3O[C@@H]3OC[C@@H](O)[C@H](O)[C@H]3O)[C@H](O)[C@H]2NC(C)=O)[C@@H](CO)O[C@H]1O. The Morgan fingerprint density at radius 1 is 0.244 bits per heavy atom. The van der Waals surface area contributed by atoms with E-state index in [-0.39, 0.29) is 0 Å². The summed E-state index contributed by atoms with van der Waals surface area (Å²) in [6.07, 6.45) is -109. The third-order valence-electron chi connectivity index (χ3n) is 24.2. The predicted molar refractivity (Wildman–Crippen MR) is 401 cm³/mol. The number of hydrogen-bond acceptors (Lipinski definition) is 54. The second-order valence-electron chi connectivity index (χ2n) is 33.3. The minimum atomic E-state index is -2.67. The Balaban J connectivity index is 1.01. The van der Waals surface area contributed by atoms with Crippen molar-refractivity contribution in [2.75, 3.05) is 66.1 Å². The fourth-order valence-electron chi connectivity index (χ4n) is 17.0. The van der Waals surface area contributed by atoms with E-state index in [0.29, 0.717) is 0 Å². The number of aliphatic hydroxyl groups excluding tert-OH is 29. The van der Waals surface area contributed by atoms with Crippen molar-refractivity contribution in [1.29, 1.82) is 0 Å². The molecule has 11 heterocycles. The van der Waals surface area contributed by atoms with Gasteiger partial charge in [-0.3, -0.25) is 19.2 Å². The zero-order valence-electron chi connectivity index (χ0n) is 70.4. The third kappa shape index (κ3) is 23.6. The van der Waals surface area contributed by atoms with Gasteiger partial charge >= 0.3 is 0 Å². The molecule has 0 aromatic heterocycles. The molecule has 0 aromatic rings. The molecule has 4 amide bonds. The fraction of sp³-hybridized carbons (Fsp3) is 0.945. The van der Waals surface area contributed by atoms with Gasteiger partial charge in [0.2, 0.25) is 23.6 Å². The molecule has 0 bridgehead atoms. The lowest BCUT2D eigenvalue weighted by Gasteiger charge is -2.52. The zero-order chi connectivity index (χ0) is 96.2. The van der Waals surface area contributed by atoms with Crippen molar-refractivity contribution in [3.8, 4) is 0 Å². The second-order valence-corrected chi connectivity index (χ2v) is 33.3. The first kappa shape index (κ1) is 107. The summed E-state index contributed by atoms with van der Waals surface area (Å²) < 4.78 is 128. The normalized spacial score (nSPS) is 50.1. The summed E-state index contributed by atoms with van der Waals surface area (Å²) in [5, 5.41) is 336. The summed E-state index contributed by atoms with van der Waals surface area (Å²) in [7, 11) is 0. The average Bonchev–Trinajstić information content (AvgIpc) is 0.759. The highest BCUT2D eigenvalue weighted by Gasteiger charge is 2.63. The lowest BCUT2D eigenvalue weighted by Crippen LogP contribution is -2.72. The summed E-state index contributed by atoms with van der Waals surface area (Å²) in [4.78, 5) is 53.0. The number of nitrogens with one attached hydrogen (secondary N) is 4. The molecule has 0 aromatic carbocycles. The van der Waals surface area contributed by atoms with Gasteiger partial charge in [-0.05, 0) is 6.92 Å². The molecule has 58 heteroatoms. The average molecular weight is 1920 g/mol. The van der Waals surface area contributed by atoms with Crippen LogP contribution in [0.15, 0.2) is 0 Å². The Labute approximate surface area is 741 Å². The van der Waals surface area contributed by atoms with Crippen LogP contribution in [0.5, 0.6) is 0 Å². The van der Waals surface area contributed by atoms with Crippen molar-refractivity contribution in [1.82, 2.24) is 21.3 Å². The minimum absolute atomic E-state index is 0.887. The molecule has 0 radical (unpaired) electrons. The summed E-state index contributed by atoms with van der Waals surface area (Å²) in [6, 6.07) is -7.98. The quantitative estimate of drug-likeness (QED) is 0.0290. The maximum atomic E-state index is 13.6. The Hall–Kier alpha value is -4.12. The van der Waals surface area contributed by atoms with Crippen LogP contribution in [0.1, 0.15) is 34.6 Å². The van der Waals surface area contributed by atoms with Gasteiger partial charge in [0.15, 0.2) is 69.2 Å². The first-order chi connectivity index (χ1) is 62.0. The van der Waals surface area contributed by atoms with Gasteiger partial charge in [-0.15, -0.1) is 0 Å². The van der Waals surface area contributed by atoms with Crippen molar-refractivity contribution < 1.29 is 267 Å². The topological polar surface area (TPSA) is 897 Å². The van der Waals surface area contributed by atoms with E-state index in [0.717, 1.165) is 27.7 Å². The van der Waals surface area contributed by atoms with Crippen LogP contribution in [0.4, 0.5) is 0 Å². The summed E-state index contributed by atoms with van der Waals surface area (Å²) >= 11 is 0. The Morgan fingerprint density at radius 3 is 1.02 bits per heavy atom. The van der Waals surface area contributed by atoms with E-state index >= 15 is 0 Å². The molecule has 33 N–H and O–H groups in total. The molecule has 11 rings (SSSR count). The molecule has 11 saturated heterocycles. The standard InChI is InChI=1S/C73H122N4O54/c1-16-35(91)45(101)51(107)68(113-16)127-58-32(75-18(3)87)63(110)114-29(13-85)55(58)124-64-31(74-17(2)86)44(100)54(28(12-84)121-64)123-73-62(131-67-50(106)36(92)21(90)14-111-67)59(128-72-61(49(105)40(96)25(9-81)120-72)130-66-34(77-20(5)89)57(42(98)27(11-83)116-66)126-70-53(109)47(103)38(94)23(7-79)118-70)43(99)30(122-73)15-112-71-60(48(104)39(95)24(8-80)119-71)129-65-33(76-19(4)88)56(41(97)26(10-82)115-65)125-69-52(108)46(102)37(93)22(6-78)117-69/h16,21-73,78-85,90-110H,6-15H2,1-5H3,(H,74,86)(H,75,87)(H,76,88)(H,77,89)/t16-,21+,22+,23+,24+,25+,26+,27+,28+,29+,30+,31+,32+,33+,34+,35+,36-,37-,38-,39+,40+,41+,42+,43+,44+,45+,46-,47-,48-,49-,50+,51-,52+,53+,54+,55+,56+,57+,58+,59-,60-,61-,62-,63+,64-,65-,66-,67-,68-,69-,70-,71-,72+,73-/m0/s1. The molecule has 131 heavy (non-hydrogen) atoms. The smallest absolute Gasteiger partial charge is 0.217 e. The molecule has 758 valence electrons. The number of carbonyl (C=O) groups excluding carboxylic acids is 4. The van der Waals surface area contributed by atoms with Crippen molar-refractivity contribution in [2.45, 2.75) is 366 Å². The van der Waals surface area contributed by atoms with Gasteiger partial charge in [0, 0.05) is 27.7 Å². The highest BCUT2D eigenvalue weighted by Crippen LogP contribution is 2.43. The third-order valence-corrected chi connectivity index (χ3v) is 24.2. The molecule has 11 aliphatic heterocycles. The lowest BCUT2D eigenvalue weighted by atomic mass is 9.93. The van der Waals surface area contributed by atoms with E-state index in [1.165, 1.54) is 6.92 Å². The largest absolute Gasteiger partial charge is 0.394 e. The zero-order valence-corrected chi connectivity index (χ0v) is 70.4. The fourth-order valence-corrected chi connectivity index (χ4v) is 17.0. The number of carbonyl (C=O) groups is 4. The van der Waals surface area contributed by atoms with E-state index in [2.05, 4.69) is 21.3 Å². The molecule has 0 unspecified atom stereocenters. The highest BCUT2D eigenvalue weighted by molar-refractivity contribution is 5.74. The van der Waals surface area contributed by atoms with Crippen LogP contribution in [0.25, 0.3) is 0 Å². The van der Waals surface area contributed by atoms with E-state index in [9.17, 15) is 167 Å². The van der Waals surface area contributed by atoms with Crippen LogP contribution in [0, 0.1) is 0 Å². The molecule has 11 fully saturated rings. The molecule has 58 nitrogen and oxygen atoms in total. The lowest BCUT2D eigenvalue weighted by molar-refractivity contribution is -0.413. The van der Waals surface area contributed by atoms with E-state index in [4.69, 9.17) is 99.5 Å². The van der Waals surface area contributed by atoms with Crippen molar-refractivity contribution in [3.05, 3.63) is 0 Å². The van der Waals surface area contributed by atoms with Gasteiger partial charge in [-0.25, -0.2) is 0 Å². The van der Waals surface area contributed by atoms with Crippen LogP contribution >= 0.6 is 0 Å². The van der Waals surface area contributed by atoms with Gasteiger partial charge in [-0.1, -0.05) is 0 Å². The van der Waals surface area contributed by atoms with Gasteiger partial charge in [0.05, 0.1) is 72.2 Å². The number of aliphatic hydroxyl groups is 29. The monoisotopic (exact) mass is 1920 g/mol. The van der Waals surface area contributed by atoms with Crippen molar-refractivity contribution in [2.24, 2.45) is 0 Å². The summed E-state index contributed by atoms with van der Waals surface area (Å²) in [5.74, 6) is -3.97. The molecule has 0 aliphatic carbocycles. The second kappa shape index (κ2) is 46.8. The van der Waals surface area contributed by atoms with E-state index in [1.807, 2.05) is 0 Å². The number of amides is 4. The number of rotatable bonds is 33. The van der Waals surface area contributed by atoms with Crippen LogP contribution in [-0.4, -0.2) is 569 Å². The maximum Gasteiger partial charge on any atom is 0.217 e. The van der Waals surface area contributed by atoms with Gasteiger partial charge in [0.25, 0.3) is 0 Å². The number of ether oxygens (including phenoxy) is 21. The van der Waals surface area contributed by atoms with Gasteiger partial charge < -0.3 is 269 Å². The maximum absolute atomic E-state index is 13.6. The molecular formula is C73H122N4O54. The number of hydrogen-bond donors (Lipinski definition) is 33. The molecule has 54 atom stereocenters. The molecular weight excluding hydrogens is 1800 g/mol. The van der Waals surface area contributed by atoms with Gasteiger partial charge in [-0.2, -0.15) is 0 Å². The van der Waals surface area contributed by atoms with E-state index in [1.54, 1.807) is 0 Å². The summed E-state index contributed by atoms with van der Waals surface area (Å²) in [5.41, 5.74) is 0. The first-order valence-corrected chi connectivity index (χ1v) is 41.9. The summed E-state index contributed by atoms with van der Waals surface area (Å²) in [6.45, 7) is -6.76. The first-order valence-electron chi connectivity index (χ1n) is 41.9. The van der Waals surface area contributed by atoms with Crippen LogP contribution in [0.3, 0.4) is 0 Å². The minimum Gasteiger partial charge on any atom is -0.394 e. The Morgan fingerprint density at radius 2 is 0.550 bits per heavy atom. The predicted octanol–water partition coefficient (Wildman–Crippen LogP) is -22.7. The van der Waals surface area contributed by atoms with Crippen LogP contribution in [0.2, 0.25) is 0 Å². The van der Waals surface area contributed by atoms with Crippen LogP contribution < -0.4 is 21.3 Å². The van der Waals surface area contributed by atoms with Crippen molar-refractivity contribution in [3.63, 3.8) is 0 Å². The Bertz CT molecular complexity index is 3570. The molecule has 11 aliphatic rings. The van der Waals surface area contributed by atoms with Gasteiger partial charge in [0.1, 0.15) is 256 Å². The van der Waals surface area contributed by atoms with E-state index < -0.39 is 421 Å².